The highest BCUT2D eigenvalue weighted by atomic mass is 16.5. The number of nitrogens with two attached hydrogens (primary N) is 1. The van der Waals surface area contributed by atoms with Crippen molar-refractivity contribution in [1.82, 2.24) is 10.1 Å². The minimum atomic E-state index is 0.501. The molecule has 2 aromatic heterocycles. The highest BCUT2D eigenvalue weighted by Gasteiger charge is 2.10. The molecule has 0 amide bonds. The topological polar surface area (TPSA) is 78.1 Å². The predicted octanol–water partition coefficient (Wildman–Crippen LogP) is 2.29. The average molecular weight is 243 g/mol. The van der Waals surface area contributed by atoms with Crippen LogP contribution in [0.4, 0.5) is 0 Å². The number of hydrogen-bond donors (Lipinski definition) is 1. The van der Waals surface area contributed by atoms with Gasteiger partial charge in [0.25, 0.3) is 0 Å². The van der Waals surface area contributed by atoms with E-state index in [1.54, 1.807) is 6.26 Å². The predicted molar refractivity (Wildman–Crippen MR) is 67.0 cm³/mol. The van der Waals surface area contributed by atoms with Crippen LogP contribution in [0.25, 0.3) is 22.4 Å². The molecule has 3 aromatic rings. The third kappa shape index (κ3) is 1.78. The van der Waals surface area contributed by atoms with Crippen LogP contribution in [0.3, 0.4) is 0 Å². The second kappa shape index (κ2) is 4.27. The highest BCUT2D eigenvalue weighted by molar-refractivity contribution is 5.85. The Kier molecular flexibility index (Phi) is 2.60. The molecule has 0 unspecified atom stereocenters. The van der Waals surface area contributed by atoms with Crippen molar-refractivity contribution in [3.05, 3.63) is 35.9 Å². The summed E-state index contributed by atoms with van der Waals surface area (Å²) in [5.74, 6) is 1.15. The van der Waals surface area contributed by atoms with Crippen LogP contribution in [0.2, 0.25) is 0 Å². The molecule has 18 heavy (non-hydrogen) atoms. The highest BCUT2D eigenvalue weighted by Crippen LogP contribution is 2.26. The summed E-state index contributed by atoms with van der Waals surface area (Å²) >= 11 is 0. The third-order valence-electron chi connectivity index (χ3n) is 2.85. The van der Waals surface area contributed by atoms with E-state index in [9.17, 15) is 0 Å². The van der Waals surface area contributed by atoms with Gasteiger partial charge in [0.1, 0.15) is 5.58 Å². The van der Waals surface area contributed by atoms with Crippen molar-refractivity contribution in [2.45, 2.75) is 13.3 Å². The van der Waals surface area contributed by atoms with E-state index in [-0.39, 0.29) is 0 Å². The van der Waals surface area contributed by atoms with Gasteiger partial charge in [-0.2, -0.15) is 4.98 Å². The van der Waals surface area contributed by atoms with Crippen molar-refractivity contribution in [2.75, 3.05) is 6.54 Å². The standard InChI is InChI=1S/C13H13N3O2/c1-8-7-17-11-3-2-9(6-10(8)11)13-15-12(4-5-14)18-16-13/h2-3,6-7H,4-5,14H2,1H3. The van der Waals surface area contributed by atoms with Crippen molar-refractivity contribution in [1.29, 1.82) is 0 Å². The van der Waals surface area contributed by atoms with Crippen LogP contribution in [0.1, 0.15) is 11.5 Å². The van der Waals surface area contributed by atoms with E-state index in [1.807, 2.05) is 25.1 Å². The number of benzene rings is 1. The Morgan fingerprint density at radius 3 is 3.06 bits per heavy atom. The van der Waals surface area contributed by atoms with Gasteiger partial charge < -0.3 is 14.7 Å². The van der Waals surface area contributed by atoms with Crippen LogP contribution in [0, 0.1) is 6.92 Å². The number of hydrogen-bond acceptors (Lipinski definition) is 5. The molecule has 92 valence electrons. The minimum absolute atomic E-state index is 0.501. The van der Waals surface area contributed by atoms with E-state index in [1.165, 1.54) is 0 Å². The molecule has 2 N–H and O–H groups in total. The summed E-state index contributed by atoms with van der Waals surface area (Å²) in [4.78, 5) is 4.30. The van der Waals surface area contributed by atoms with Gasteiger partial charge in [-0.3, -0.25) is 0 Å². The fourth-order valence-corrected chi connectivity index (χ4v) is 1.89. The molecule has 5 nitrogen and oxygen atoms in total. The monoisotopic (exact) mass is 243 g/mol. The zero-order valence-electron chi connectivity index (χ0n) is 10.0. The molecular formula is C13H13N3O2. The van der Waals surface area contributed by atoms with E-state index in [0.29, 0.717) is 24.7 Å². The van der Waals surface area contributed by atoms with E-state index >= 15 is 0 Å². The lowest BCUT2D eigenvalue weighted by Gasteiger charge is -1.95. The van der Waals surface area contributed by atoms with Gasteiger partial charge in [0.15, 0.2) is 0 Å². The van der Waals surface area contributed by atoms with Crippen LogP contribution >= 0.6 is 0 Å². The van der Waals surface area contributed by atoms with E-state index in [0.717, 1.165) is 22.1 Å². The molecule has 0 radical (unpaired) electrons. The maximum absolute atomic E-state index is 5.45. The lowest BCUT2D eigenvalue weighted by Crippen LogP contribution is -2.02. The molecule has 0 aliphatic heterocycles. The number of fused-ring (bicyclic) bond motifs is 1. The first-order valence-corrected chi connectivity index (χ1v) is 5.79. The van der Waals surface area contributed by atoms with Gasteiger partial charge in [-0.05, 0) is 30.7 Å². The smallest absolute Gasteiger partial charge is 0.228 e. The molecule has 1 aromatic carbocycles. The Bertz CT molecular complexity index is 684. The van der Waals surface area contributed by atoms with E-state index in [4.69, 9.17) is 14.7 Å². The Hall–Kier alpha value is -2.14. The Morgan fingerprint density at radius 2 is 2.22 bits per heavy atom. The number of nitrogens with zero attached hydrogens (tertiary/aromatic N) is 2. The molecule has 3 rings (SSSR count). The summed E-state index contributed by atoms with van der Waals surface area (Å²) in [5.41, 5.74) is 8.32. The van der Waals surface area contributed by atoms with Crippen molar-refractivity contribution in [3.8, 4) is 11.4 Å². The molecule has 0 aliphatic carbocycles. The third-order valence-corrected chi connectivity index (χ3v) is 2.85. The van der Waals surface area contributed by atoms with Gasteiger partial charge in [-0.15, -0.1) is 0 Å². The first-order valence-electron chi connectivity index (χ1n) is 5.79. The quantitative estimate of drug-likeness (QED) is 0.763. The lowest BCUT2D eigenvalue weighted by molar-refractivity contribution is 0.380. The van der Waals surface area contributed by atoms with Crippen LogP contribution in [0.15, 0.2) is 33.4 Å². The molecule has 0 saturated carbocycles. The number of aryl methyl sites for hydroxylation is 1. The van der Waals surface area contributed by atoms with Crippen molar-refractivity contribution in [2.24, 2.45) is 5.73 Å². The Balaban J connectivity index is 2.04. The van der Waals surface area contributed by atoms with Gasteiger partial charge >= 0.3 is 0 Å². The van der Waals surface area contributed by atoms with Gasteiger partial charge in [0.2, 0.25) is 11.7 Å². The molecule has 0 spiro atoms. The second-order valence-electron chi connectivity index (χ2n) is 4.18. The summed E-state index contributed by atoms with van der Waals surface area (Å²) in [6, 6.07) is 5.84. The van der Waals surface area contributed by atoms with Crippen molar-refractivity contribution in [3.63, 3.8) is 0 Å². The van der Waals surface area contributed by atoms with Crippen LogP contribution in [-0.2, 0) is 6.42 Å². The molecule has 2 heterocycles. The maximum atomic E-state index is 5.45. The summed E-state index contributed by atoms with van der Waals surface area (Å²) in [5, 5.41) is 5.02. The molecule has 0 bridgehead atoms. The summed E-state index contributed by atoms with van der Waals surface area (Å²) in [6.07, 6.45) is 2.34. The van der Waals surface area contributed by atoms with Crippen LogP contribution in [0.5, 0.6) is 0 Å². The normalized spacial score (nSPS) is 11.2. The van der Waals surface area contributed by atoms with Crippen LogP contribution < -0.4 is 5.73 Å². The zero-order chi connectivity index (χ0) is 12.5. The van der Waals surface area contributed by atoms with Crippen molar-refractivity contribution >= 4 is 11.0 Å². The van der Waals surface area contributed by atoms with Gasteiger partial charge in [0.05, 0.1) is 6.26 Å². The maximum Gasteiger partial charge on any atom is 0.228 e. The summed E-state index contributed by atoms with van der Waals surface area (Å²) in [6.45, 7) is 2.51. The Labute approximate surface area is 104 Å². The molecule has 0 fully saturated rings. The van der Waals surface area contributed by atoms with Crippen LogP contribution in [-0.4, -0.2) is 16.7 Å². The summed E-state index contributed by atoms with van der Waals surface area (Å²) in [7, 11) is 0. The molecule has 0 atom stereocenters. The first-order chi connectivity index (χ1) is 8.78. The number of aromatic nitrogens is 2. The average Bonchev–Trinajstić information content (AvgIpc) is 2.98. The molecule has 0 saturated heterocycles. The van der Waals surface area contributed by atoms with E-state index < -0.39 is 0 Å². The zero-order valence-corrected chi connectivity index (χ0v) is 10.0. The van der Waals surface area contributed by atoms with Gasteiger partial charge in [-0.25, -0.2) is 0 Å². The lowest BCUT2D eigenvalue weighted by atomic mass is 10.1. The number of rotatable bonds is 3. The fourth-order valence-electron chi connectivity index (χ4n) is 1.89. The SMILES string of the molecule is Cc1coc2ccc(-c3noc(CCN)n3)cc12. The minimum Gasteiger partial charge on any atom is -0.464 e. The first kappa shape index (κ1) is 11.0. The largest absolute Gasteiger partial charge is 0.464 e. The fraction of sp³-hybridized carbons (Fsp3) is 0.231. The van der Waals surface area contributed by atoms with E-state index in [2.05, 4.69) is 10.1 Å². The molecule has 5 heteroatoms. The Morgan fingerprint density at radius 1 is 1.33 bits per heavy atom. The van der Waals surface area contributed by atoms with Crippen molar-refractivity contribution < 1.29 is 8.94 Å². The summed E-state index contributed by atoms with van der Waals surface area (Å²) < 4.78 is 10.5. The van der Waals surface area contributed by atoms with Gasteiger partial charge in [-0.1, -0.05) is 5.16 Å². The number of furan rings is 1. The van der Waals surface area contributed by atoms with Gasteiger partial charge in [0, 0.05) is 23.9 Å². The molecule has 0 aliphatic rings. The second-order valence-corrected chi connectivity index (χ2v) is 4.18. The molecular weight excluding hydrogens is 230 g/mol.